The van der Waals surface area contributed by atoms with E-state index in [0.29, 0.717) is 65.1 Å². The number of amides is 4. The monoisotopic (exact) mass is 803 g/mol. The largest absolute Gasteiger partial charge is 0.478 e. The number of carbonyl (C=O) groups is 3. The van der Waals surface area contributed by atoms with Gasteiger partial charge in [0.05, 0.1) is 45.1 Å². The molecule has 7 N–H and O–H groups in total. The third-order valence-electron chi connectivity index (χ3n) is 9.60. The number of benzene rings is 2. The number of ether oxygens (including phenoxy) is 4. The number of aromatic nitrogens is 1. The Kier molecular flexibility index (Phi) is 21.2. The molecule has 4 amide bonds. The van der Waals surface area contributed by atoms with E-state index in [1.165, 1.54) is 0 Å². The Hall–Kier alpha value is -4.44. The lowest BCUT2D eigenvalue weighted by Gasteiger charge is -2.26. The van der Waals surface area contributed by atoms with Crippen LogP contribution in [0, 0.1) is 5.41 Å². The molecule has 14 heteroatoms. The molecular weight excluding hydrogens is 739 g/mol. The highest BCUT2D eigenvalue weighted by Crippen LogP contribution is 2.29. The maximum Gasteiger partial charge on any atom is 0.322 e. The van der Waals surface area contributed by atoms with Crippen molar-refractivity contribution in [2.24, 2.45) is 11.1 Å². The Bertz CT molecular complexity index is 1570. The minimum absolute atomic E-state index is 0.0830. The summed E-state index contributed by atoms with van der Waals surface area (Å²) in [5, 5.41) is 14.3. The molecule has 318 valence electrons. The molecular formula is C44H65N7O7. The zero-order valence-corrected chi connectivity index (χ0v) is 34.4. The van der Waals surface area contributed by atoms with Crippen LogP contribution in [0.25, 0.3) is 22.4 Å². The summed E-state index contributed by atoms with van der Waals surface area (Å²) in [6.45, 7) is 12.2. The molecule has 2 atom stereocenters. The highest BCUT2D eigenvalue weighted by molar-refractivity contribution is 6.05. The number of rotatable bonds is 31. The average molecular weight is 804 g/mol. The van der Waals surface area contributed by atoms with E-state index in [2.05, 4.69) is 82.9 Å². The summed E-state index contributed by atoms with van der Waals surface area (Å²) >= 11 is 0. The lowest BCUT2D eigenvalue weighted by atomic mass is 9.87. The number of nitrogens with one attached hydrogen (secondary N) is 5. The second-order valence-electron chi connectivity index (χ2n) is 15.3. The predicted octanol–water partition coefficient (Wildman–Crippen LogP) is 4.43. The standard InChI is InChI=1S/C44H65N7O7/c1-44(2,18-9-10-24-58-41-30-36(34-13-5-3-6-14-34)29-38(49-41)35-15-7-4-8-16-35)33-47-32-37(45)17-21-46-19-11-22-55-25-27-57-28-26-56-23-12-20-48-40(52)31-39-42(53)51-43(54)50-39/h3-8,13-16,29-30,37,39,46-47H,9-12,17-28,31-33,45H2,1-2H3,(H,48,52)(H2,50,51,53,54). The van der Waals surface area contributed by atoms with Crippen molar-refractivity contribution in [1.82, 2.24) is 31.6 Å². The van der Waals surface area contributed by atoms with Crippen molar-refractivity contribution in [1.29, 1.82) is 0 Å². The topological polar surface area (TPSA) is 187 Å². The normalized spacial score (nSPS) is 14.6. The third kappa shape index (κ3) is 18.9. The molecule has 0 spiro atoms. The minimum atomic E-state index is -0.811. The van der Waals surface area contributed by atoms with Gasteiger partial charge in [-0.15, -0.1) is 0 Å². The minimum Gasteiger partial charge on any atom is -0.478 e. The Morgan fingerprint density at radius 1 is 0.776 bits per heavy atom. The van der Waals surface area contributed by atoms with Crippen LogP contribution in [-0.4, -0.2) is 114 Å². The molecule has 4 rings (SSSR count). The molecule has 1 aliphatic rings. The van der Waals surface area contributed by atoms with Gasteiger partial charge in [-0.3, -0.25) is 14.9 Å². The van der Waals surface area contributed by atoms with Gasteiger partial charge in [0.2, 0.25) is 11.8 Å². The second kappa shape index (κ2) is 26.5. The van der Waals surface area contributed by atoms with Crippen molar-refractivity contribution in [3.63, 3.8) is 0 Å². The van der Waals surface area contributed by atoms with Gasteiger partial charge in [-0.2, -0.15) is 0 Å². The van der Waals surface area contributed by atoms with Gasteiger partial charge in [0, 0.05) is 50.5 Å². The van der Waals surface area contributed by atoms with Crippen LogP contribution in [0.2, 0.25) is 0 Å². The van der Waals surface area contributed by atoms with Gasteiger partial charge in [-0.05, 0) is 74.2 Å². The molecule has 3 aromatic rings. The zero-order chi connectivity index (χ0) is 41.3. The lowest BCUT2D eigenvalue weighted by Crippen LogP contribution is -2.40. The van der Waals surface area contributed by atoms with Gasteiger partial charge < -0.3 is 45.9 Å². The zero-order valence-electron chi connectivity index (χ0n) is 34.4. The quantitative estimate of drug-likeness (QED) is 0.0399. The van der Waals surface area contributed by atoms with Gasteiger partial charge in [0.1, 0.15) is 6.04 Å². The van der Waals surface area contributed by atoms with Crippen LogP contribution >= 0.6 is 0 Å². The second-order valence-corrected chi connectivity index (χ2v) is 15.3. The van der Waals surface area contributed by atoms with Crippen LogP contribution in [0.3, 0.4) is 0 Å². The Morgan fingerprint density at radius 3 is 2.10 bits per heavy atom. The molecule has 1 fully saturated rings. The molecule has 2 heterocycles. The molecule has 58 heavy (non-hydrogen) atoms. The van der Waals surface area contributed by atoms with E-state index in [1.54, 1.807) is 0 Å². The summed E-state index contributed by atoms with van der Waals surface area (Å²) in [6, 6.07) is 23.5. The number of pyridine rings is 1. The first-order valence-electron chi connectivity index (χ1n) is 20.7. The van der Waals surface area contributed by atoms with Crippen LogP contribution in [0.5, 0.6) is 5.88 Å². The number of unbranched alkanes of at least 4 members (excludes halogenated alkanes) is 1. The molecule has 1 saturated heterocycles. The summed E-state index contributed by atoms with van der Waals surface area (Å²) in [6.07, 6.45) is 5.50. The summed E-state index contributed by atoms with van der Waals surface area (Å²) in [5.41, 5.74) is 10.8. The molecule has 1 aromatic heterocycles. The van der Waals surface area contributed by atoms with E-state index in [4.69, 9.17) is 29.7 Å². The summed E-state index contributed by atoms with van der Waals surface area (Å²) in [7, 11) is 0. The van der Waals surface area contributed by atoms with E-state index < -0.39 is 18.0 Å². The summed E-state index contributed by atoms with van der Waals surface area (Å²) < 4.78 is 22.9. The van der Waals surface area contributed by atoms with Crippen LogP contribution in [0.1, 0.15) is 58.8 Å². The first kappa shape index (κ1) is 46.3. The molecule has 0 bridgehead atoms. The smallest absolute Gasteiger partial charge is 0.322 e. The number of urea groups is 1. The molecule has 0 radical (unpaired) electrons. The highest BCUT2D eigenvalue weighted by atomic mass is 16.5. The van der Waals surface area contributed by atoms with Gasteiger partial charge in [-0.1, -0.05) is 74.5 Å². The Balaban J connectivity index is 0.917. The fourth-order valence-electron chi connectivity index (χ4n) is 6.32. The maximum absolute atomic E-state index is 11.9. The van der Waals surface area contributed by atoms with Crippen molar-refractivity contribution in [2.45, 2.75) is 70.9 Å². The van der Waals surface area contributed by atoms with Crippen molar-refractivity contribution in [3.8, 4) is 28.3 Å². The number of carbonyl (C=O) groups excluding carboxylic acids is 3. The van der Waals surface area contributed by atoms with Gasteiger partial charge in [0.25, 0.3) is 5.91 Å². The van der Waals surface area contributed by atoms with E-state index >= 15 is 0 Å². The van der Waals surface area contributed by atoms with Gasteiger partial charge >= 0.3 is 6.03 Å². The number of hydrogen-bond acceptors (Lipinski definition) is 11. The van der Waals surface area contributed by atoms with Crippen molar-refractivity contribution < 1.29 is 33.3 Å². The number of nitrogens with zero attached hydrogens (tertiary/aromatic N) is 1. The van der Waals surface area contributed by atoms with E-state index in [0.717, 1.165) is 80.7 Å². The van der Waals surface area contributed by atoms with Crippen LogP contribution in [0.15, 0.2) is 72.8 Å². The highest BCUT2D eigenvalue weighted by Gasteiger charge is 2.31. The summed E-state index contributed by atoms with van der Waals surface area (Å²) in [4.78, 5) is 39.3. The molecule has 14 nitrogen and oxygen atoms in total. The molecule has 1 aliphatic heterocycles. The van der Waals surface area contributed by atoms with E-state index in [1.807, 2.05) is 30.3 Å². The average Bonchev–Trinajstić information content (AvgIpc) is 3.54. The fraction of sp³-hybridized carbons (Fsp3) is 0.545. The van der Waals surface area contributed by atoms with Gasteiger partial charge in [-0.25, -0.2) is 9.78 Å². The first-order valence-corrected chi connectivity index (χ1v) is 20.7. The van der Waals surface area contributed by atoms with Crippen LogP contribution < -0.4 is 37.1 Å². The number of imide groups is 1. The van der Waals surface area contributed by atoms with Crippen molar-refractivity contribution in [2.75, 3.05) is 79.0 Å². The Morgan fingerprint density at radius 2 is 1.43 bits per heavy atom. The van der Waals surface area contributed by atoms with Crippen molar-refractivity contribution in [3.05, 3.63) is 72.8 Å². The first-order chi connectivity index (χ1) is 28.2. The fourth-order valence-corrected chi connectivity index (χ4v) is 6.32. The van der Waals surface area contributed by atoms with Gasteiger partial charge in [0.15, 0.2) is 0 Å². The molecule has 2 aromatic carbocycles. The predicted molar refractivity (Wildman–Crippen MR) is 226 cm³/mol. The third-order valence-corrected chi connectivity index (χ3v) is 9.60. The molecule has 0 aliphatic carbocycles. The summed E-state index contributed by atoms with van der Waals surface area (Å²) in [5.74, 6) is -0.124. The van der Waals surface area contributed by atoms with Crippen LogP contribution in [-0.2, 0) is 23.8 Å². The lowest BCUT2D eigenvalue weighted by molar-refractivity contribution is -0.126. The van der Waals surface area contributed by atoms with Crippen molar-refractivity contribution >= 4 is 17.8 Å². The van der Waals surface area contributed by atoms with Crippen LogP contribution in [0.4, 0.5) is 4.79 Å². The molecule has 0 saturated carbocycles. The van der Waals surface area contributed by atoms with E-state index in [-0.39, 0.29) is 23.8 Å². The molecule has 2 unspecified atom stereocenters. The maximum atomic E-state index is 11.9. The number of hydrogen-bond donors (Lipinski definition) is 6. The van der Waals surface area contributed by atoms with E-state index in [9.17, 15) is 14.4 Å². The Labute approximate surface area is 344 Å². The SMILES string of the molecule is CC(C)(CCCCOc1cc(-c2ccccc2)cc(-c2ccccc2)n1)CNCC(N)CCNCCCOCCOCCOCCCNC(=O)CC1NC(=O)NC1=O. The number of nitrogens with two attached hydrogens (primary N) is 1.